The predicted octanol–water partition coefficient (Wildman–Crippen LogP) is 0.382. The summed E-state index contributed by atoms with van der Waals surface area (Å²) in [4.78, 5) is 4.00. The molecule has 1 aromatic rings. The number of aryl methyl sites for hydroxylation is 1. The molecule has 1 heterocycles. The van der Waals surface area contributed by atoms with Gasteiger partial charge in [-0.1, -0.05) is 0 Å². The van der Waals surface area contributed by atoms with Crippen LogP contribution in [0.25, 0.3) is 0 Å². The van der Waals surface area contributed by atoms with Crippen LogP contribution in [0.4, 0.5) is 0 Å². The zero-order valence-electron chi connectivity index (χ0n) is 6.49. The van der Waals surface area contributed by atoms with Gasteiger partial charge in [-0.05, 0) is 24.6 Å². The zero-order valence-corrected chi connectivity index (χ0v) is 6.49. The minimum Gasteiger partial charge on any atom is -0.387 e. The molecule has 0 aliphatic rings. The Morgan fingerprint density at radius 3 is 3.00 bits per heavy atom. The van der Waals surface area contributed by atoms with Gasteiger partial charge in [0, 0.05) is 18.4 Å². The fourth-order valence-corrected chi connectivity index (χ4v) is 0.911. The highest BCUT2D eigenvalue weighted by molar-refractivity contribution is 5.17. The Balaban J connectivity index is 2.86. The van der Waals surface area contributed by atoms with Gasteiger partial charge in [0.2, 0.25) is 0 Å². The fourth-order valence-electron chi connectivity index (χ4n) is 0.911. The molecule has 0 radical (unpaired) electrons. The number of hydrogen-bond acceptors (Lipinski definition) is 3. The Labute approximate surface area is 65.9 Å². The molecule has 3 heteroatoms. The van der Waals surface area contributed by atoms with E-state index in [1.807, 2.05) is 13.0 Å². The zero-order chi connectivity index (χ0) is 8.27. The number of aliphatic hydroxyl groups is 1. The minimum absolute atomic E-state index is 0.253. The maximum Gasteiger partial charge on any atom is 0.0913 e. The van der Waals surface area contributed by atoms with Gasteiger partial charge in [-0.15, -0.1) is 0 Å². The number of pyridine rings is 1. The highest BCUT2D eigenvalue weighted by Gasteiger charge is 2.03. The van der Waals surface area contributed by atoms with Gasteiger partial charge >= 0.3 is 0 Å². The van der Waals surface area contributed by atoms with Gasteiger partial charge in [0.25, 0.3) is 0 Å². The molecule has 0 saturated heterocycles. The van der Waals surface area contributed by atoms with Crippen LogP contribution in [-0.2, 0) is 0 Å². The first-order chi connectivity index (χ1) is 5.24. The Hall–Kier alpha value is -0.930. The average molecular weight is 152 g/mol. The number of nitrogens with two attached hydrogens (primary N) is 1. The fraction of sp³-hybridized carbons (Fsp3) is 0.375. The summed E-state index contributed by atoms with van der Waals surface area (Å²) in [6.07, 6.45) is 1.11. The van der Waals surface area contributed by atoms with E-state index >= 15 is 0 Å². The van der Waals surface area contributed by atoms with Crippen molar-refractivity contribution in [2.24, 2.45) is 5.73 Å². The molecule has 1 atom stereocenters. The third-order valence-corrected chi connectivity index (χ3v) is 1.53. The maximum atomic E-state index is 9.30. The number of rotatable bonds is 2. The predicted molar refractivity (Wildman–Crippen MR) is 43.0 cm³/mol. The molecule has 0 unspecified atom stereocenters. The van der Waals surface area contributed by atoms with Crippen molar-refractivity contribution in [2.75, 3.05) is 6.54 Å². The molecule has 0 bridgehead atoms. The monoisotopic (exact) mass is 152 g/mol. The molecular weight excluding hydrogens is 140 g/mol. The minimum atomic E-state index is -0.559. The van der Waals surface area contributed by atoms with Crippen LogP contribution >= 0.6 is 0 Å². The summed E-state index contributed by atoms with van der Waals surface area (Å²) in [6, 6.07) is 3.60. The highest BCUT2D eigenvalue weighted by atomic mass is 16.3. The van der Waals surface area contributed by atoms with Crippen molar-refractivity contribution in [3.8, 4) is 0 Å². The molecule has 1 rings (SSSR count). The quantitative estimate of drug-likeness (QED) is 0.644. The van der Waals surface area contributed by atoms with Crippen LogP contribution in [-0.4, -0.2) is 16.6 Å². The summed E-state index contributed by atoms with van der Waals surface area (Å²) in [6.45, 7) is 2.14. The third kappa shape index (κ3) is 2.00. The van der Waals surface area contributed by atoms with E-state index in [2.05, 4.69) is 4.98 Å². The van der Waals surface area contributed by atoms with Crippen LogP contribution in [0.2, 0.25) is 0 Å². The van der Waals surface area contributed by atoms with Crippen molar-refractivity contribution in [3.63, 3.8) is 0 Å². The number of aliphatic hydroxyl groups excluding tert-OH is 1. The van der Waals surface area contributed by atoms with Crippen LogP contribution in [0, 0.1) is 6.92 Å². The molecule has 0 aliphatic heterocycles. The second-order valence-electron chi connectivity index (χ2n) is 2.48. The van der Waals surface area contributed by atoms with Crippen LogP contribution in [0.15, 0.2) is 18.3 Å². The number of aromatic nitrogens is 1. The Morgan fingerprint density at radius 1 is 1.73 bits per heavy atom. The molecule has 0 saturated carbocycles. The van der Waals surface area contributed by atoms with Crippen molar-refractivity contribution in [1.82, 2.24) is 4.98 Å². The lowest BCUT2D eigenvalue weighted by Crippen LogP contribution is -2.11. The van der Waals surface area contributed by atoms with Crippen molar-refractivity contribution >= 4 is 0 Å². The van der Waals surface area contributed by atoms with Gasteiger partial charge < -0.3 is 10.8 Å². The Bertz CT molecular complexity index is 237. The molecule has 0 aliphatic carbocycles. The number of nitrogens with zero attached hydrogens (tertiary/aromatic N) is 1. The topological polar surface area (TPSA) is 59.1 Å². The van der Waals surface area contributed by atoms with Crippen molar-refractivity contribution in [2.45, 2.75) is 13.0 Å². The van der Waals surface area contributed by atoms with Crippen molar-refractivity contribution < 1.29 is 5.11 Å². The van der Waals surface area contributed by atoms with Gasteiger partial charge in [-0.3, -0.25) is 4.98 Å². The van der Waals surface area contributed by atoms with Crippen LogP contribution < -0.4 is 5.73 Å². The number of hydrogen-bond donors (Lipinski definition) is 2. The summed E-state index contributed by atoms with van der Waals surface area (Å²) in [5.74, 6) is 0. The molecule has 3 nitrogen and oxygen atoms in total. The molecule has 1 aromatic heterocycles. The molecule has 0 amide bonds. The van der Waals surface area contributed by atoms with Crippen molar-refractivity contribution in [3.05, 3.63) is 29.6 Å². The first-order valence-corrected chi connectivity index (χ1v) is 3.54. The average Bonchev–Trinajstić information content (AvgIpc) is 2.03. The van der Waals surface area contributed by atoms with E-state index in [0.29, 0.717) is 0 Å². The third-order valence-electron chi connectivity index (χ3n) is 1.53. The Morgan fingerprint density at radius 2 is 2.45 bits per heavy atom. The van der Waals surface area contributed by atoms with E-state index in [0.717, 1.165) is 11.3 Å². The summed E-state index contributed by atoms with van der Waals surface area (Å²) in [5.41, 5.74) is 7.02. The van der Waals surface area contributed by atoms with E-state index in [9.17, 15) is 5.11 Å². The van der Waals surface area contributed by atoms with Gasteiger partial charge in [0.1, 0.15) is 0 Å². The van der Waals surface area contributed by atoms with Crippen LogP contribution in [0.3, 0.4) is 0 Å². The summed E-state index contributed by atoms with van der Waals surface area (Å²) < 4.78 is 0. The highest BCUT2D eigenvalue weighted by Crippen LogP contribution is 2.10. The second-order valence-corrected chi connectivity index (χ2v) is 2.48. The first kappa shape index (κ1) is 8.17. The van der Waals surface area contributed by atoms with Crippen LogP contribution in [0.5, 0.6) is 0 Å². The van der Waals surface area contributed by atoms with E-state index in [1.54, 1.807) is 12.3 Å². The van der Waals surface area contributed by atoms with Crippen molar-refractivity contribution in [1.29, 1.82) is 0 Å². The SMILES string of the molecule is Cc1cc([C@@H](O)CN)ccn1. The van der Waals surface area contributed by atoms with Gasteiger partial charge in [-0.2, -0.15) is 0 Å². The first-order valence-electron chi connectivity index (χ1n) is 3.54. The summed E-state index contributed by atoms with van der Waals surface area (Å²) >= 11 is 0. The van der Waals surface area contributed by atoms with E-state index < -0.39 is 6.10 Å². The molecule has 0 aromatic carbocycles. The Kier molecular flexibility index (Phi) is 2.57. The molecule has 3 N–H and O–H groups in total. The lowest BCUT2D eigenvalue weighted by atomic mass is 10.1. The summed E-state index contributed by atoms with van der Waals surface area (Å²) in [7, 11) is 0. The molecular formula is C8H12N2O. The molecule has 0 spiro atoms. The second kappa shape index (κ2) is 3.46. The lowest BCUT2D eigenvalue weighted by Gasteiger charge is -2.07. The van der Waals surface area contributed by atoms with Gasteiger partial charge in [0.15, 0.2) is 0 Å². The van der Waals surface area contributed by atoms with Gasteiger partial charge in [0.05, 0.1) is 6.10 Å². The normalized spacial score (nSPS) is 13.0. The van der Waals surface area contributed by atoms with Gasteiger partial charge in [-0.25, -0.2) is 0 Å². The largest absolute Gasteiger partial charge is 0.387 e. The van der Waals surface area contributed by atoms with E-state index in [4.69, 9.17) is 5.73 Å². The maximum absolute atomic E-state index is 9.30. The molecule has 60 valence electrons. The van der Waals surface area contributed by atoms with E-state index in [-0.39, 0.29) is 6.54 Å². The molecule has 11 heavy (non-hydrogen) atoms. The lowest BCUT2D eigenvalue weighted by molar-refractivity contribution is 0.186. The molecule has 0 fully saturated rings. The van der Waals surface area contributed by atoms with Crippen LogP contribution in [0.1, 0.15) is 17.4 Å². The smallest absolute Gasteiger partial charge is 0.0913 e. The standard InChI is InChI=1S/C8H12N2O/c1-6-4-7(2-3-10-6)8(11)5-9/h2-4,8,11H,5,9H2,1H3/t8-/m0/s1. The summed E-state index contributed by atoms with van der Waals surface area (Å²) in [5, 5.41) is 9.30. The van der Waals surface area contributed by atoms with E-state index in [1.165, 1.54) is 0 Å².